The van der Waals surface area contributed by atoms with Crippen LogP contribution in [0.2, 0.25) is 0 Å². The summed E-state index contributed by atoms with van der Waals surface area (Å²) in [5.41, 5.74) is 1.96. The Morgan fingerprint density at radius 1 is 1.56 bits per heavy atom. The molecule has 1 aromatic rings. The third kappa shape index (κ3) is 4.13. The molecule has 0 aliphatic carbocycles. The van der Waals surface area contributed by atoms with Gasteiger partial charge >= 0.3 is 5.97 Å². The molecule has 0 radical (unpaired) electrons. The molecule has 0 saturated heterocycles. The molecule has 0 bridgehead atoms. The number of rotatable bonds is 5. The predicted molar refractivity (Wildman–Crippen MR) is 59.6 cm³/mol. The Morgan fingerprint density at radius 2 is 2.31 bits per heavy atom. The summed E-state index contributed by atoms with van der Waals surface area (Å²) in [5.74, 6) is -1.22. The minimum atomic E-state index is -0.981. The monoisotopic (exact) mass is 223 g/mol. The van der Waals surface area contributed by atoms with Gasteiger partial charge < -0.3 is 10.4 Å². The summed E-state index contributed by atoms with van der Waals surface area (Å²) in [4.78, 5) is 10.2. The summed E-state index contributed by atoms with van der Waals surface area (Å²) in [7, 11) is 0. The molecule has 0 fully saturated rings. The van der Waals surface area contributed by atoms with Gasteiger partial charge in [0.2, 0.25) is 0 Å². The van der Waals surface area contributed by atoms with Gasteiger partial charge in [-0.2, -0.15) is 0 Å². The van der Waals surface area contributed by atoms with Crippen molar-refractivity contribution in [1.29, 1.82) is 0 Å². The van der Waals surface area contributed by atoms with Crippen molar-refractivity contribution >= 4 is 5.97 Å². The van der Waals surface area contributed by atoms with Crippen molar-refractivity contribution in [3.63, 3.8) is 0 Å². The maximum absolute atomic E-state index is 12.8. The third-order valence-corrected chi connectivity index (χ3v) is 2.19. The van der Waals surface area contributed by atoms with Crippen LogP contribution in [0.1, 0.15) is 11.1 Å². The van der Waals surface area contributed by atoms with Crippen molar-refractivity contribution < 1.29 is 14.3 Å². The zero-order valence-corrected chi connectivity index (χ0v) is 9.03. The van der Waals surface area contributed by atoms with Crippen molar-refractivity contribution in [3.05, 3.63) is 47.4 Å². The van der Waals surface area contributed by atoms with Gasteiger partial charge in [-0.05, 0) is 36.6 Å². The van der Waals surface area contributed by atoms with Gasteiger partial charge in [0.05, 0.1) is 0 Å². The number of carbonyl (C=O) groups is 1. The van der Waals surface area contributed by atoms with E-state index in [9.17, 15) is 9.18 Å². The maximum atomic E-state index is 12.8. The van der Waals surface area contributed by atoms with E-state index in [1.54, 1.807) is 6.07 Å². The molecule has 0 saturated carbocycles. The van der Waals surface area contributed by atoms with Crippen LogP contribution in [0.3, 0.4) is 0 Å². The molecule has 0 aliphatic rings. The number of hydrogen-bond donors (Lipinski definition) is 2. The lowest BCUT2D eigenvalue weighted by atomic mass is 10.1. The zero-order chi connectivity index (χ0) is 12.0. The lowest BCUT2D eigenvalue weighted by Crippen LogP contribution is -2.11. The van der Waals surface area contributed by atoms with E-state index < -0.39 is 5.97 Å². The lowest BCUT2D eigenvalue weighted by Gasteiger charge is -2.05. The van der Waals surface area contributed by atoms with E-state index in [2.05, 4.69) is 5.32 Å². The molecule has 0 atom stereocenters. The highest BCUT2D eigenvalue weighted by molar-refractivity contribution is 5.79. The van der Waals surface area contributed by atoms with Crippen LogP contribution in [0.15, 0.2) is 30.5 Å². The molecule has 0 aliphatic heterocycles. The predicted octanol–water partition coefficient (Wildman–Crippen LogP) is 1.86. The SMILES string of the molecule is Cc1cc(F)ccc1CCN/C=C/C(=O)O. The Morgan fingerprint density at radius 3 is 2.94 bits per heavy atom. The normalized spacial score (nSPS) is 10.6. The van der Waals surface area contributed by atoms with Crippen LogP contribution in [0.5, 0.6) is 0 Å². The molecule has 0 unspecified atom stereocenters. The van der Waals surface area contributed by atoms with Gasteiger partial charge in [-0.25, -0.2) is 9.18 Å². The van der Waals surface area contributed by atoms with E-state index in [4.69, 9.17) is 5.11 Å². The van der Waals surface area contributed by atoms with Crippen LogP contribution in [-0.4, -0.2) is 17.6 Å². The Kier molecular flexibility index (Phi) is 4.51. The van der Waals surface area contributed by atoms with E-state index >= 15 is 0 Å². The highest BCUT2D eigenvalue weighted by Crippen LogP contribution is 2.10. The van der Waals surface area contributed by atoms with Crippen LogP contribution >= 0.6 is 0 Å². The summed E-state index contributed by atoms with van der Waals surface area (Å²) in [6.45, 7) is 2.47. The fourth-order valence-corrected chi connectivity index (χ4v) is 1.36. The second-order valence-corrected chi connectivity index (χ2v) is 3.45. The number of carboxylic acid groups (broad SMARTS) is 1. The maximum Gasteiger partial charge on any atom is 0.329 e. The van der Waals surface area contributed by atoms with Crippen molar-refractivity contribution in [1.82, 2.24) is 5.32 Å². The highest BCUT2D eigenvalue weighted by atomic mass is 19.1. The Labute approximate surface area is 93.6 Å². The molecule has 0 aromatic heterocycles. The largest absolute Gasteiger partial charge is 0.478 e. The fourth-order valence-electron chi connectivity index (χ4n) is 1.36. The second-order valence-electron chi connectivity index (χ2n) is 3.45. The van der Waals surface area contributed by atoms with Crippen molar-refractivity contribution in [3.8, 4) is 0 Å². The number of aliphatic carboxylic acids is 1. The van der Waals surface area contributed by atoms with Crippen molar-refractivity contribution in [2.45, 2.75) is 13.3 Å². The average molecular weight is 223 g/mol. The molecule has 3 nitrogen and oxygen atoms in total. The van der Waals surface area contributed by atoms with Gasteiger partial charge in [0.1, 0.15) is 5.82 Å². The van der Waals surface area contributed by atoms with Crippen LogP contribution in [-0.2, 0) is 11.2 Å². The van der Waals surface area contributed by atoms with E-state index in [-0.39, 0.29) is 5.82 Å². The Hall–Kier alpha value is -1.84. The third-order valence-electron chi connectivity index (χ3n) is 2.19. The number of benzene rings is 1. The van der Waals surface area contributed by atoms with Gasteiger partial charge in [-0.15, -0.1) is 0 Å². The smallest absolute Gasteiger partial charge is 0.329 e. The minimum absolute atomic E-state index is 0.236. The molecule has 0 heterocycles. The van der Waals surface area contributed by atoms with Gasteiger partial charge in [0, 0.05) is 18.8 Å². The van der Waals surface area contributed by atoms with Gasteiger partial charge in [-0.1, -0.05) is 6.07 Å². The zero-order valence-electron chi connectivity index (χ0n) is 9.03. The molecular formula is C12H14FNO2. The first kappa shape index (κ1) is 12.2. The second kappa shape index (κ2) is 5.90. The molecule has 0 amide bonds. The van der Waals surface area contributed by atoms with E-state index in [0.717, 1.165) is 23.6 Å². The summed E-state index contributed by atoms with van der Waals surface area (Å²) in [6, 6.07) is 4.66. The van der Waals surface area contributed by atoms with Crippen molar-refractivity contribution in [2.75, 3.05) is 6.54 Å². The number of hydrogen-bond acceptors (Lipinski definition) is 2. The molecule has 86 valence electrons. The fraction of sp³-hybridized carbons (Fsp3) is 0.250. The van der Waals surface area contributed by atoms with E-state index in [0.29, 0.717) is 6.54 Å². The molecular weight excluding hydrogens is 209 g/mol. The molecule has 2 N–H and O–H groups in total. The van der Waals surface area contributed by atoms with Gasteiger partial charge in [-0.3, -0.25) is 0 Å². The lowest BCUT2D eigenvalue weighted by molar-refractivity contribution is -0.131. The number of carboxylic acids is 1. The first-order chi connectivity index (χ1) is 7.59. The summed E-state index contributed by atoms with van der Waals surface area (Å²) >= 11 is 0. The Bertz CT molecular complexity index is 402. The molecule has 16 heavy (non-hydrogen) atoms. The van der Waals surface area contributed by atoms with Crippen LogP contribution < -0.4 is 5.32 Å². The molecule has 1 rings (SSSR count). The van der Waals surface area contributed by atoms with Crippen LogP contribution in [0.25, 0.3) is 0 Å². The van der Waals surface area contributed by atoms with Crippen LogP contribution in [0.4, 0.5) is 4.39 Å². The molecule has 4 heteroatoms. The number of aryl methyl sites for hydroxylation is 1. The number of nitrogens with one attached hydrogen (secondary N) is 1. The first-order valence-corrected chi connectivity index (χ1v) is 4.97. The molecule has 0 spiro atoms. The highest BCUT2D eigenvalue weighted by Gasteiger charge is 1.98. The van der Waals surface area contributed by atoms with E-state index in [1.807, 2.05) is 6.92 Å². The first-order valence-electron chi connectivity index (χ1n) is 4.97. The topological polar surface area (TPSA) is 49.3 Å². The van der Waals surface area contributed by atoms with E-state index in [1.165, 1.54) is 18.3 Å². The summed E-state index contributed by atoms with van der Waals surface area (Å²) in [6.07, 6.45) is 3.16. The average Bonchev–Trinajstić information content (AvgIpc) is 2.20. The molecule has 1 aromatic carbocycles. The standard InChI is InChI=1S/C12H14FNO2/c1-9-8-11(13)3-2-10(9)4-6-14-7-5-12(15)16/h2-3,5,7-8,14H,4,6H2,1H3,(H,15,16)/b7-5+. The number of halogens is 1. The van der Waals surface area contributed by atoms with Crippen molar-refractivity contribution in [2.24, 2.45) is 0 Å². The van der Waals surface area contributed by atoms with Gasteiger partial charge in [0.25, 0.3) is 0 Å². The summed E-state index contributed by atoms with van der Waals surface area (Å²) < 4.78 is 12.8. The minimum Gasteiger partial charge on any atom is -0.478 e. The quantitative estimate of drug-likeness (QED) is 0.591. The Balaban J connectivity index is 2.40. The van der Waals surface area contributed by atoms with Crippen LogP contribution in [0, 0.1) is 12.7 Å². The van der Waals surface area contributed by atoms with Gasteiger partial charge in [0.15, 0.2) is 0 Å². The summed E-state index contributed by atoms with van der Waals surface area (Å²) in [5, 5.41) is 11.2.